The van der Waals surface area contributed by atoms with E-state index in [2.05, 4.69) is 0 Å². The Morgan fingerprint density at radius 2 is 1.11 bits per heavy atom. The molecule has 4 aromatic carbocycles. The number of sulfone groups is 2. The van der Waals surface area contributed by atoms with Crippen molar-refractivity contribution in [3.8, 4) is 44.8 Å². The van der Waals surface area contributed by atoms with Crippen LogP contribution in [0.4, 0.5) is 17.6 Å². The number of hydrogen-bond acceptors (Lipinski definition) is 10. The number of carboxylic acid groups (broad SMARTS) is 2. The first-order valence-electron chi connectivity index (χ1n) is 23.6. The molecule has 0 atom stereocenters. The van der Waals surface area contributed by atoms with Crippen LogP contribution in [0.1, 0.15) is 56.9 Å². The van der Waals surface area contributed by atoms with Crippen LogP contribution in [0.15, 0.2) is 101 Å². The Morgan fingerprint density at radius 3 is 1.68 bits per heavy atom. The number of aliphatic carboxylic acids is 2. The predicted molar refractivity (Wildman–Crippen MR) is 258 cm³/mol. The Balaban J connectivity index is 1.19. The van der Waals surface area contributed by atoms with Gasteiger partial charge < -0.3 is 19.7 Å². The molecule has 2 saturated carbocycles. The zero-order chi connectivity index (χ0) is 51.3. The number of carboxylic acids is 2. The van der Waals surface area contributed by atoms with Crippen molar-refractivity contribution in [1.29, 1.82) is 0 Å². The molecule has 0 radical (unpaired) electrons. The summed E-state index contributed by atoms with van der Waals surface area (Å²) < 4.78 is 134. The highest BCUT2D eigenvalue weighted by molar-refractivity contribution is 7.91. The van der Waals surface area contributed by atoms with Gasteiger partial charge in [-0.3, -0.25) is 9.36 Å². The van der Waals surface area contributed by atoms with E-state index in [-0.39, 0.29) is 105 Å². The number of hydrogen-bond donors (Lipinski definition) is 2. The number of ether oxygens (including phenoxy) is 2. The van der Waals surface area contributed by atoms with E-state index < -0.39 is 73.8 Å². The molecule has 0 aliphatic heterocycles. The normalized spacial score (nSPS) is 18.6. The molecule has 0 unspecified atom stereocenters. The van der Waals surface area contributed by atoms with Crippen LogP contribution >= 0.6 is 0 Å². The molecule has 0 spiro atoms. The molecule has 2 fully saturated rings. The smallest absolute Gasteiger partial charge is 0.329 e. The zero-order valence-corrected chi connectivity index (χ0v) is 41.0. The highest BCUT2D eigenvalue weighted by atomic mass is 32.2. The quantitative estimate of drug-likeness (QED) is 0.0688. The Bertz CT molecular complexity index is 3170. The Kier molecular flexibility index (Phi) is 16.1. The number of carbonyl (C=O) groups is 2. The Morgan fingerprint density at radius 1 is 0.597 bits per heavy atom. The fraction of sp³-hybridized carbons (Fsp3) is 0.385. The summed E-state index contributed by atoms with van der Waals surface area (Å²) in [4.78, 5) is 22.0. The summed E-state index contributed by atoms with van der Waals surface area (Å²) in [7, 11) is -8.81. The van der Waals surface area contributed by atoms with Gasteiger partial charge in [0.1, 0.15) is 36.2 Å². The van der Waals surface area contributed by atoms with Crippen molar-refractivity contribution in [3.63, 3.8) is 0 Å². The van der Waals surface area contributed by atoms with Crippen LogP contribution in [0.3, 0.4) is 0 Å². The summed E-state index contributed by atoms with van der Waals surface area (Å²) in [6.45, 7) is -0.169. The van der Waals surface area contributed by atoms with Gasteiger partial charge in [-0.05, 0) is 111 Å². The summed E-state index contributed by atoms with van der Waals surface area (Å²) in [5, 5.41) is 26.9. The lowest BCUT2D eigenvalue weighted by Gasteiger charge is -2.28. The maximum absolute atomic E-state index is 16.1. The van der Waals surface area contributed by atoms with Crippen molar-refractivity contribution in [2.75, 3.05) is 32.7 Å². The third kappa shape index (κ3) is 12.2. The van der Waals surface area contributed by atoms with Crippen LogP contribution in [-0.4, -0.2) is 91.2 Å². The second-order valence-electron chi connectivity index (χ2n) is 18.8. The van der Waals surface area contributed by atoms with Crippen LogP contribution in [0.25, 0.3) is 44.8 Å². The van der Waals surface area contributed by atoms with E-state index in [4.69, 9.17) is 29.9 Å². The van der Waals surface area contributed by atoms with Crippen molar-refractivity contribution < 1.29 is 63.7 Å². The summed E-state index contributed by atoms with van der Waals surface area (Å²) >= 11 is 0. The van der Waals surface area contributed by atoms with Crippen molar-refractivity contribution in [2.24, 2.45) is 23.7 Å². The van der Waals surface area contributed by atoms with Crippen LogP contribution in [0, 0.1) is 46.9 Å². The fourth-order valence-electron chi connectivity index (χ4n) is 10.1. The summed E-state index contributed by atoms with van der Waals surface area (Å²) in [6, 6.07) is 20.7. The molecule has 8 rings (SSSR count). The van der Waals surface area contributed by atoms with Crippen LogP contribution in [-0.2, 0) is 57.6 Å². The van der Waals surface area contributed by atoms with Gasteiger partial charge in [-0.25, -0.2) is 44.0 Å². The molecule has 0 bridgehead atoms. The molecule has 14 nitrogen and oxygen atoms in total. The van der Waals surface area contributed by atoms with Crippen LogP contribution < -0.4 is 0 Å². The molecule has 6 aromatic rings. The average Bonchev–Trinajstić information content (AvgIpc) is 3.91. The first-order valence-corrected chi connectivity index (χ1v) is 27.2. The number of nitrogens with zero attached hydrogens (tertiary/aromatic N) is 4. The topological polar surface area (TPSA) is 197 Å². The van der Waals surface area contributed by atoms with E-state index in [1.54, 1.807) is 36.4 Å². The Labute approximate surface area is 414 Å². The van der Waals surface area contributed by atoms with E-state index in [0.717, 1.165) is 30.5 Å². The minimum absolute atomic E-state index is 0.0576. The summed E-state index contributed by atoms with van der Waals surface area (Å²) in [6.07, 6.45) is 6.09. The van der Waals surface area contributed by atoms with Crippen LogP contribution in [0.2, 0.25) is 0 Å². The lowest BCUT2D eigenvalue weighted by atomic mass is 9.82. The highest BCUT2D eigenvalue weighted by Crippen LogP contribution is 2.43. The SMILES string of the molecule is CS(=O)(=O)c1c(-c2cccc(F)c2F)c(-c2cccc(CS(=O)(=O)c3c(-c4cc(F)ccc4F)c(-c4ccccc4)nn3CC3CCC(COCC(=O)O)CC3)c2)nn1CC1CCC(COCC(=O)O)CC1. The molecule has 2 aliphatic carbocycles. The molecule has 2 aliphatic rings. The molecule has 20 heteroatoms. The van der Waals surface area contributed by atoms with Gasteiger partial charge in [-0.15, -0.1) is 0 Å². The second kappa shape index (κ2) is 22.3. The number of halogens is 4. The molecular formula is C52H54F4N4O10S2. The second-order valence-corrected chi connectivity index (χ2v) is 22.7. The third-order valence-electron chi connectivity index (χ3n) is 13.4. The number of benzene rings is 4. The maximum atomic E-state index is 16.1. The van der Waals surface area contributed by atoms with Crippen molar-refractivity contribution in [1.82, 2.24) is 19.6 Å². The van der Waals surface area contributed by atoms with E-state index >= 15 is 26.0 Å². The first-order chi connectivity index (χ1) is 34.4. The molecule has 382 valence electrons. The lowest BCUT2D eigenvalue weighted by molar-refractivity contribution is -0.143. The van der Waals surface area contributed by atoms with E-state index in [9.17, 15) is 18.0 Å². The van der Waals surface area contributed by atoms with E-state index in [1.165, 1.54) is 39.7 Å². The van der Waals surface area contributed by atoms with Gasteiger partial charge in [0.05, 0.1) is 19.0 Å². The largest absolute Gasteiger partial charge is 0.480 e. The molecular weight excluding hydrogens is 981 g/mol. The van der Waals surface area contributed by atoms with E-state index in [1.807, 2.05) is 0 Å². The fourth-order valence-corrected chi connectivity index (χ4v) is 12.9. The molecule has 2 heterocycles. The highest BCUT2D eigenvalue weighted by Gasteiger charge is 2.36. The van der Waals surface area contributed by atoms with Crippen molar-refractivity contribution in [2.45, 2.75) is 80.3 Å². The maximum Gasteiger partial charge on any atom is 0.329 e. The van der Waals surface area contributed by atoms with E-state index in [0.29, 0.717) is 56.9 Å². The monoisotopic (exact) mass is 1030 g/mol. The summed E-state index contributed by atoms with van der Waals surface area (Å²) in [5.74, 6) is -7.17. The van der Waals surface area contributed by atoms with Gasteiger partial charge in [0.2, 0.25) is 0 Å². The van der Waals surface area contributed by atoms with Gasteiger partial charge in [0, 0.05) is 52.7 Å². The average molecular weight is 1040 g/mol. The zero-order valence-electron chi connectivity index (χ0n) is 39.4. The lowest BCUT2D eigenvalue weighted by Crippen LogP contribution is -2.24. The van der Waals surface area contributed by atoms with Gasteiger partial charge in [-0.1, -0.05) is 60.7 Å². The van der Waals surface area contributed by atoms with Crippen molar-refractivity contribution in [3.05, 3.63) is 120 Å². The minimum atomic E-state index is -4.59. The van der Waals surface area contributed by atoms with Gasteiger partial charge in [-0.2, -0.15) is 10.2 Å². The Hall–Kier alpha value is -6.22. The standard InChI is InChI=1S/C52H54F4N4O10S2/c1-71(65,66)51-46(40-11-6-12-43(55)48(40)56)50(58-59(51)25-32-13-17-34(18-14-32)27-69-29-44(61)62)38-10-5-7-36(23-38)31-72(67,68)52-47(41-24-39(53)21-22-42(41)54)49(37-8-3-2-4-9-37)57-60(52)26-33-15-19-35(20-16-33)28-70-30-45(63)64/h2-12,21-24,32-35H,13-20,25-31H2,1H3,(H,61,62)(H,63,64). The van der Waals surface area contributed by atoms with Crippen molar-refractivity contribution >= 4 is 31.6 Å². The van der Waals surface area contributed by atoms with Gasteiger partial charge >= 0.3 is 11.9 Å². The number of rotatable bonds is 20. The minimum Gasteiger partial charge on any atom is -0.480 e. The summed E-state index contributed by atoms with van der Waals surface area (Å²) in [5.41, 5.74) is -0.235. The first kappa shape index (κ1) is 52.1. The van der Waals surface area contributed by atoms with Crippen LogP contribution in [0.5, 0.6) is 0 Å². The molecule has 0 saturated heterocycles. The van der Waals surface area contributed by atoms with Gasteiger partial charge in [0.15, 0.2) is 41.4 Å². The molecule has 2 N–H and O–H groups in total. The molecule has 0 amide bonds. The third-order valence-corrected chi connectivity index (χ3v) is 16.3. The molecule has 72 heavy (non-hydrogen) atoms. The number of aromatic nitrogens is 4. The van der Waals surface area contributed by atoms with Gasteiger partial charge in [0.25, 0.3) is 0 Å². The predicted octanol–water partition coefficient (Wildman–Crippen LogP) is 9.50. The molecule has 2 aromatic heterocycles.